The second kappa shape index (κ2) is 9.76. The van der Waals surface area contributed by atoms with Crippen LogP contribution in [-0.2, 0) is 0 Å². The van der Waals surface area contributed by atoms with E-state index in [1.54, 1.807) is 17.5 Å². The maximum atomic E-state index is 6.30. The fourth-order valence-corrected chi connectivity index (χ4v) is 7.70. The molecule has 10 rings (SSSR count). The first-order valence-electron chi connectivity index (χ1n) is 15.1. The Labute approximate surface area is 266 Å². The van der Waals surface area contributed by atoms with Crippen molar-refractivity contribution in [3.05, 3.63) is 134 Å². The van der Waals surface area contributed by atoms with E-state index in [0.717, 1.165) is 49.2 Å². The van der Waals surface area contributed by atoms with Crippen molar-refractivity contribution < 1.29 is 4.42 Å². The zero-order valence-electron chi connectivity index (χ0n) is 24.3. The molecule has 46 heavy (non-hydrogen) atoms. The van der Waals surface area contributed by atoms with Crippen LogP contribution in [0.2, 0.25) is 0 Å². The van der Waals surface area contributed by atoms with Crippen LogP contribution < -0.4 is 0 Å². The van der Waals surface area contributed by atoms with Crippen LogP contribution in [0.3, 0.4) is 0 Å². The van der Waals surface area contributed by atoms with Crippen LogP contribution in [0.4, 0.5) is 0 Å². The normalized spacial score (nSPS) is 11.9. The third-order valence-electron chi connectivity index (χ3n) is 8.78. The molecule has 0 aliphatic carbocycles. The second-order valence-electron chi connectivity index (χ2n) is 11.5. The van der Waals surface area contributed by atoms with E-state index in [9.17, 15) is 0 Å². The minimum absolute atomic E-state index is 0.609. The molecule has 0 amide bonds. The van der Waals surface area contributed by atoms with Gasteiger partial charge < -0.3 is 4.42 Å². The summed E-state index contributed by atoms with van der Waals surface area (Å²) in [5, 5.41) is 8.80. The van der Waals surface area contributed by atoms with Gasteiger partial charge in [-0.05, 0) is 58.6 Å². The first-order valence-corrected chi connectivity index (χ1v) is 15.9. The number of thiophene rings is 1. The van der Waals surface area contributed by atoms with E-state index in [4.69, 9.17) is 19.4 Å². The summed E-state index contributed by atoms with van der Waals surface area (Å²) in [4.78, 5) is 19.9. The number of furan rings is 1. The van der Waals surface area contributed by atoms with Crippen molar-refractivity contribution in [1.29, 1.82) is 0 Å². The van der Waals surface area contributed by atoms with Gasteiger partial charge in [-0.25, -0.2) is 19.9 Å². The Morgan fingerprint density at radius 1 is 0.478 bits per heavy atom. The van der Waals surface area contributed by atoms with E-state index in [1.165, 1.54) is 25.6 Å². The van der Waals surface area contributed by atoms with Crippen LogP contribution in [-0.4, -0.2) is 19.9 Å². The monoisotopic (exact) mass is 606 g/mol. The molecule has 0 fully saturated rings. The predicted octanol–water partition coefficient (Wildman–Crippen LogP) is 10.8. The fraction of sp³-hybridized carbons (Fsp3) is 0. The van der Waals surface area contributed by atoms with Crippen LogP contribution in [0, 0.1) is 0 Å². The summed E-state index contributed by atoms with van der Waals surface area (Å²) in [5.74, 6) is 1.89. The molecule has 4 heterocycles. The Kier molecular flexibility index (Phi) is 5.38. The summed E-state index contributed by atoms with van der Waals surface area (Å²) in [6, 6.07) is 44.2. The van der Waals surface area contributed by atoms with Gasteiger partial charge in [0.05, 0.1) is 0 Å². The lowest BCUT2D eigenvalue weighted by Gasteiger charge is -2.11. The molecule has 214 valence electrons. The third kappa shape index (κ3) is 3.87. The average Bonchev–Trinajstić information content (AvgIpc) is 3.70. The lowest BCUT2D eigenvalue weighted by Crippen LogP contribution is -2.00. The third-order valence-corrected chi connectivity index (χ3v) is 9.91. The molecule has 10 aromatic rings. The van der Waals surface area contributed by atoms with E-state index in [-0.39, 0.29) is 0 Å². The van der Waals surface area contributed by atoms with Crippen LogP contribution in [0.1, 0.15) is 0 Å². The van der Waals surface area contributed by atoms with E-state index >= 15 is 0 Å². The molecule has 0 saturated carbocycles. The summed E-state index contributed by atoms with van der Waals surface area (Å²) in [7, 11) is 0. The minimum Gasteiger partial charge on any atom is -0.437 e. The van der Waals surface area contributed by atoms with Gasteiger partial charge in [-0.3, -0.25) is 0 Å². The number of aromatic nitrogens is 4. The van der Waals surface area contributed by atoms with E-state index in [0.29, 0.717) is 23.2 Å². The van der Waals surface area contributed by atoms with Gasteiger partial charge >= 0.3 is 0 Å². The standard InChI is InChI=1S/C40H22N4OS/c1-2-8-25-21-26(16-14-23(25)7-1)37-42-38(44-39(43-37)31-10-5-13-34-35(31)30-9-3-4-12-33(30)46-34)27-17-15-24-18-19-28-29-11-6-20-41-40(29)45-36(28)32(24)22-27/h1-22H. The molecule has 0 unspecified atom stereocenters. The predicted molar refractivity (Wildman–Crippen MR) is 189 cm³/mol. The number of hydrogen-bond donors (Lipinski definition) is 0. The molecule has 0 atom stereocenters. The highest BCUT2D eigenvalue weighted by Gasteiger charge is 2.18. The lowest BCUT2D eigenvalue weighted by molar-refractivity contribution is 0.657. The summed E-state index contributed by atoms with van der Waals surface area (Å²) in [5.41, 5.74) is 4.27. The molecule has 0 aliphatic heterocycles. The van der Waals surface area contributed by atoms with Gasteiger partial charge in [-0.1, -0.05) is 84.9 Å². The van der Waals surface area contributed by atoms with Crippen molar-refractivity contribution in [3.8, 4) is 34.2 Å². The van der Waals surface area contributed by atoms with E-state index in [1.807, 2.05) is 12.1 Å². The van der Waals surface area contributed by atoms with Crippen LogP contribution in [0.15, 0.2) is 138 Å². The van der Waals surface area contributed by atoms with Crippen molar-refractivity contribution in [2.45, 2.75) is 0 Å². The highest BCUT2D eigenvalue weighted by Crippen LogP contribution is 2.40. The first kappa shape index (κ1) is 25.4. The number of pyridine rings is 1. The molecule has 0 N–H and O–H groups in total. The summed E-state index contributed by atoms with van der Waals surface area (Å²) < 4.78 is 8.75. The van der Waals surface area contributed by atoms with Gasteiger partial charge in [-0.15, -0.1) is 11.3 Å². The number of rotatable bonds is 3. The van der Waals surface area contributed by atoms with Crippen molar-refractivity contribution in [1.82, 2.24) is 19.9 Å². The second-order valence-corrected chi connectivity index (χ2v) is 12.6. The number of benzene rings is 6. The molecular formula is C40H22N4OS. The van der Waals surface area contributed by atoms with Crippen LogP contribution >= 0.6 is 11.3 Å². The zero-order chi connectivity index (χ0) is 30.2. The minimum atomic E-state index is 0.609. The van der Waals surface area contributed by atoms with Crippen molar-refractivity contribution in [2.24, 2.45) is 0 Å². The van der Waals surface area contributed by atoms with Crippen molar-refractivity contribution in [2.75, 3.05) is 0 Å². The SMILES string of the molecule is c1ccc2cc(-c3nc(-c4ccc5ccc6c7cccnc7oc6c5c4)nc(-c4cccc5sc6ccccc6c45)n3)ccc2c1. The molecule has 0 spiro atoms. The molecule has 6 heteroatoms. The Bertz CT molecular complexity index is 2830. The van der Waals surface area contributed by atoms with Crippen LogP contribution in [0.5, 0.6) is 0 Å². The molecule has 5 nitrogen and oxygen atoms in total. The maximum Gasteiger partial charge on any atom is 0.227 e. The van der Waals surface area contributed by atoms with Crippen molar-refractivity contribution in [3.63, 3.8) is 0 Å². The Hall–Kier alpha value is -5.98. The molecule has 6 aromatic carbocycles. The van der Waals surface area contributed by atoms with Gasteiger partial charge in [0.25, 0.3) is 0 Å². The Morgan fingerprint density at radius 3 is 2.11 bits per heavy atom. The largest absolute Gasteiger partial charge is 0.437 e. The van der Waals surface area contributed by atoms with E-state index < -0.39 is 0 Å². The number of hydrogen-bond acceptors (Lipinski definition) is 6. The molecule has 0 radical (unpaired) electrons. The Balaban J connectivity index is 1.24. The van der Waals surface area contributed by atoms with Crippen LogP contribution in [0.25, 0.3) is 97.9 Å². The number of fused-ring (bicyclic) bond motifs is 9. The number of nitrogens with zero attached hydrogens (tertiary/aromatic N) is 4. The van der Waals surface area contributed by atoms with Gasteiger partial charge in [-0.2, -0.15) is 0 Å². The maximum absolute atomic E-state index is 6.30. The highest BCUT2D eigenvalue weighted by molar-refractivity contribution is 7.25. The fourth-order valence-electron chi connectivity index (χ4n) is 6.57. The molecule has 0 saturated heterocycles. The van der Waals surface area contributed by atoms with E-state index in [2.05, 4.69) is 120 Å². The first-order chi connectivity index (χ1) is 22.8. The molecular weight excluding hydrogens is 585 g/mol. The smallest absolute Gasteiger partial charge is 0.227 e. The highest BCUT2D eigenvalue weighted by atomic mass is 32.1. The molecule has 0 aliphatic rings. The molecule has 0 bridgehead atoms. The lowest BCUT2D eigenvalue weighted by atomic mass is 10.0. The summed E-state index contributed by atoms with van der Waals surface area (Å²) >= 11 is 1.79. The summed E-state index contributed by atoms with van der Waals surface area (Å²) in [6.07, 6.45) is 1.76. The van der Waals surface area contributed by atoms with Gasteiger partial charge in [0.2, 0.25) is 5.71 Å². The van der Waals surface area contributed by atoms with Gasteiger partial charge in [0.1, 0.15) is 5.58 Å². The Morgan fingerprint density at radius 2 is 1.20 bits per heavy atom. The average molecular weight is 607 g/mol. The van der Waals surface area contributed by atoms with Gasteiger partial charge in [0, 0.05) is 59.2 Å². The molecule has 4 aromatic heterocycles. The zero-order valence-corrected chi connectivity index (χ0v) is 25.1. The summed E-state index contributed by atoms with van der Waals surface area (Å²) in [6.45, 7) is 0. The van der Waals surface area contributed by atoms with Gasteiger partial charge in [0.15, 0.2) is 17.5 Å². The van der Waals surface area contributed by atoms with Crippen molar-refractivity contribution >= 4 is 75.1 Å². The topological polar surface area (TPSA) is 64.7 Å². The quantitative estimate of drug-likeness (QED) is 0.200.